The van der Waals surface area contributed by atoms with E-state index in [-0.39, 0.29) is 5.69 Å². The number of rotatable bonds is 7. The van der Waals surface area contributed by atoms with Gasteiger partial charge in [-0.05, 0) is 23.2 Å². The van der Waals surface area contributed by atoms with Gasteiger partial charge >= 0.3 is 7.12 Å². The van der Waals surface area contributed by atoms with Crippen LogP contribution in [0.3, 0.4) is 0 Å². The Morgan fingerprint density at radius 1 is 1.16 bits per heavy atom. The van der Waals surface area contributed by atoms with Crippen molar-refractivity contribution in [1.82, 2.24) is 24.6 Å². The highest BCUT2D eigenvalue weighted by Crippen LogP contribution is 2.23. The molecule has 10 nitrogen and oxygen atoms in total. The summed E-state index contributed by atoms with van der Waals surface area (Å²) < 4.78 is 1.46. The monoisotopic (exact) mass is 417 g/mol. The normalized spacial score (nSPS) is 10.9. The standard InChI is InChI=1S/C20H20BN7O3/c1-2-17-25-19(14-11-24-28-15(14)7-4-8-16(28)18(22)29)27-20(26-17)23-10-12-5-3-6-13(9-12)21(30)31/h3-9,11,30-31H,2,10H2,1H3,(H2,22,29)(H,23,25,26,27). The zero-order chi connectivity index (χ0) is 22.0. The molecule has 3 heterocycles. The number of hydrogen-bond acceptors (Lipinski definition) is 8. The predicted molar refractivity (Wildman–Crippen MR) is 116 cm³/mol. The SMILES string of the molecule is CCc1nc(NCc2cccc(B(O)O)c2)nc(-c2cnn3c(C(N)=O)cccc23)n1. The summed E-state index contributed by atoms with van der Waals surface area (Å²) in [4.78, 5) is 25.1. The quantitative estimate of drug-likeness (QED) is 0.310. The van der Waals surface area contributed by atoms with E-state index in [0.29, 0.717) is 47.1 Å². The number of aryl methyl sites for hydroxylation is 1. The summed E-state index contributed by atoms with van der Waals surface area (Å²) in [7, 11) is -1.53. The van der Waals surface area contributed by atoms with Gasteiger partial charge in [0.15, 0.2) is 5.82 Å². The Morgan fingerprint density at radius 3 is 2.71 bits per heavy atom. The van der Waals surface area contributed by atoms with Crippen LogP contribution in [-0.2, 0) is 13.0 Å². The minimum Gasteiger partial charge on any atom is -0.423 e. The highest BCUT2D eigenvalue weighted by molar-refractivity contribution is 6.58. The van der Waals surface area contributed by atoms with Crippen molar-refractivity contribution in [2.75, 3.05) is 5.32 Å². The number of hydrogen-bond donors (Lipinski definition) is 4. The van der Waals surface area contributed by atoms with Crippen molar-refractivity contribution in [1.29, 1.82) is 0 Å². The molecule has 0 aliphatic carbocycles. The number of aromatic nitrogens is 5. The fraction of sp³-hybridized carbons (Fsp3) is 0.150. The van der Waals surface area contributed by atoms with Gasteiger partial charge in [-0.1, -0.05) is 37.3 Å². The van der Waals surface area contributed by atoms with Crippen LogP contribution in [0.1, 0.15) is 28.8 Å². The maximum atomic E-state index is 11.7. The molecule has 5 N–H and O–H groups in total. The second-order valence-electron chi connectivity index (χ2n) is 6.86. The number of carbonyl (C=O) groups excluding carboxylic acids is 1. The van der Waals surface area contributed by atoms with E-state index in [1.165, 1.54) is 4.52 Å². The van der Waals surface area contributed by atoms with Crippen LogP contribution in [-0.4, -0.2) is 47.6 Å². The van der Waals surface area contributed by atoms with Gasteiger partial charge in [-0.15, -0.1) is 0 Å². The first kappa shape index (κ1) is 20.4. The molecule has 31 heavy (non-hydrogen) atoms. The Labute approximate surface area is 178 Å². The predicted octanol–water partition coefficient (Wildman–Crippen LogP) is 0.139. The molecule has 1 amide bonds. The average molecular weight is 417 g/mol. The molecule has 4 rings (SSSR count). The van der Waals surface area contributed by atoms with Crippen LogP contribution in [0.2, 0.25) is 0 Å². The molecule has 4 aromatic rings. The van der Waals surface area contributed by atoms with Crippen molar-refractivity contribution < 1.29 is 14.8 Å². The summed E-state index contributed by atoms with van der Waals surface area (Å²) in [5, 5.41) is 26.1. The van der Waals surface area contributed by atoms with Crippen LogP contribution in [0.5, 0.6) is 0 Å². The third kappa shape index (κ3) is 4.22. The van der Waals surface area contributed by atoms with Crippen molar-refractivity contribution in [3.8, 4) is 11.4 Å². The van der Waals surface area contributed by atoms with E-state index in [1.54, 1.807) is 36.5 Å². The first-order chi connectivity index (χ1) is 15.0. The molecule has 156 valence electrons. The fourth-order valence-electron chi connectivity index (χ4n) is 3.19. The lowest BCUT2D eigenvalue weighted by Gasteiger charge is -2.09. The molecule has 1 aromatic carbocycles. The van der Waals surface area contributed by atoms with Gasteiger partial charge < -0.3 is 21.1 Å². The van der Waals surface area contributed by atoms with Crippen molar-refractivity contribution in [3.05, 3.63) is 65.7 Å². The number of nitrogens with one attached hydrogen (secondary N) is 1. The molecule has 0 spiro atoms. The molecule has 0 radical (unpaired) electrons. The van der Waals surface area contributed by atoms with Gasteiger partial charge in [0, 0.05) is 13.0 Å². The van der Waals surface area contributed by atoms with Crippen LogP contribution in [0.4, 0.5) is 5.95 Å². The molecule has 0 aliphatic heterocycles. The molecule has 0 aliphatic rings. The Hall–Kier alpha value is -3.83. The van der Waals surface area contributed by atoms with Crippen LogP contribution in [0.25, 0.3) is 16.9 Å². The van der Waals surface area contributed by atoms with Crippen LogP contribution >= 0.6 is 0 Å². The van der Waals surface area contributed by atoms with E-state index < -0.39 is 13.0 Å². The third-order valence-corrected chi connectivity index (χ3v) is 4.73. The zero-order valence-corrected chi connectivity index (χ0v) is 16.7. The highest BCUT2D eigenvalue weighted by atomic mass is 16.4. The zero-order valence-electron chi connectivity index (χ0n) is 16.7. The summed E-state index contributed by atoms with van der Waals surface area (Å²) in [6, 6.07) is 12.1. The number of carbonyl (C=O) groups is 1. The van der Waals surface area contributed by atoms with Gasteiger partial charge in [0.1, 0.15) is 11.5 Å². The Bertz CT molecular complexity index is 1260. The number of benzene rings is 1. The maximum Gasteiger partial charge on any atom is 0.488 e. The summed E-state index contributed by atoms with van der Waals surface area (Å²) in [6.45, 7) is 2.32. The lowest BCUT2D eigenvalue weighted by molar-refractivity contribution is 0.0993. The van der Waals surface area contributed by atoms with Gasteiger partial charge in [-0.2, -0.15) is 15.1 Å². The molecule has 0 saturated carbocycles. The number of amides is 1. The van der Waals surface area contributed by atoms with E-state index in [9.17, 15) is 14.8 Å². The Kier molecular flexibility index (Phi) is 5.61. The summed E-state index contributed by atoms with van der Waals surface area (Å²) in [6.07, 6.45) is 2.19. The van der Waals surface area contributed by atoms with E-state index >= 15 is 0 Å². The highest BCUT2D eigenvalue weighted by Gasteiger charge is 2.16. The molecule has 0 bridgehead atoms. The van der Waals surface area contributed by atoms with Gasteiger partial charge in [0.2, 0.25) is 5.95 Å². The number of pyridine rings is 1. The molecule has 0 fully saturated rings. The van der Waals surface area contributed by atoms with Crippen molar-refractivity contribution in [3.63, 3.8) is 0 Å². The molecule has 0 unspecified atom stereocenters. The van der Waals surface area contributed by atoms with Crippen LogP contribution in [0.15, 0.2) is 48.7 Å². The third-order valence-electron chi connectivity index (χ3n) is 4.73. The van der Waals surface area contributed by atoms with E-state index in [4.69, 9.17) is 5.73 Å². The van der Waals surface area contributed by atoms with Gasteiger partial charge in [-0.25, -0.2) is 9.50 Å². The second-order valence-corrected chi connectivity index (χ2v) is 6.86. The molecule has 3 aromatic heterocycles. The van der Waals surface area contributed by atoms with Crippen molar-refractivity contribution in [2.45, 2.75) is 19.9 Å². The molecule has 11 heteroatoms. The van der Waals surface area contributed by atoms with E-state index in [2.05, 4.69) is 25.4 Å². The van der Waals surface area contributed by atoms with Crippen LogP contribution < -0.4 is 16.5 Å². The van der Waals surface area contributed by atoms with Crippen LogP contribution in [0, 0.1) is 0 Å². The largest absolute Gasteiger partial charge is 0.488 e. The Balaban J connectivity index is 1.67. The topological polar surface area (TPSA) is 152 Å². The minimum absolute atomic E-state index is 0.262. The first-order valence-electron chi connectivity index (χ1n) is 9.67. The lowest BCUT2D eigenvalue weighted by atomic mass is 9.80. The molecular weight excluding hydrogens is 397 g/mol. The number of primary amides is 1. The smallest absolute Gasteiger partial charge is 0.423 e. The van der Waals surface area contributed by atoms with Crippen molar-refractivity contribution in [2.24, 2.45) is 5.73 Å². The molecule has 0 saturated heterocycles. The lowest BCUT2D eigenvalue weighted by Crippen LogP contribution is -2.30. The Morgan fingerprint density at radius 2 is 1.97 bits per heavy atom. The maximum absolute atomic E-state index is 11.7. The summed E-state index contributed by atoms with van der Waals surface area (Å²) >= 11 is 0. The molecular formula is C20H20BN7O3. The number of anilines is 1. The fourth-order valence-corrected chi connectivity index (χ4v) is 3.19. The van der Waals surface area contributed by atoms with E-state index in [0.717, 1.165) is 5.56 Å². The van der Waals surface area contributed by atoms with Gasteiger partial charge in [-0.3, -0.25) is 4.79 Å². The minimum atomic E-state index is -1.53. The van der Waals surface area contributed by atoms with Gasteiger partial charge in [0.25, 0.3) is 5.91 Å². The van der Waals surface area contributed by atoms with Gasteiger partial charge in [0.05, 0.1) is 17.3 Å². The van der Waals surface area contributed by atoms with E-state index in [1.807, 2.05) is 19.1 Å². The number of fused-ring (bicyclic) bond motifs is 1. The second kappa shape index (κ2) is 8.50. The van der Waals surface area contributed by atoms with Crippen molar-refractivity contribution >= 4 is 30.0 Å². The molecule has 0 atom stereocenters. The first-order valence-corrected chi connectivity index (χ1v) is 9.67. The average Bonchev–Trinajstić information content (AvgIpc) is 3.21. The number of nitrogens with two attached hydrogens (primary N) is 1. The summed E-state index contributed by atoms with van der Waals surface area (Å²) in [5.74, 6) is 0.813. The summed E-state index contributed by atoms with van der Waals surface area (Å²) in [5.41, 5.74) is 8.25. The number of nitrogens with zero attached hydrogens (tertiary/aromatic N) is 5.